The smallest absolute Gasteiger partial charge is 0.235 e. The number of hydrogen-bond donors (Lipinski definition) is 3. The zero-order chi connectivity index (χ0) is 12.7. The summed E-state index contributed by atoms with van der Waals surface area (Å²) in [7, 11) is 3.15. The molecule has 0 fully saturated rings. The van der Waals surface area contributed by atoms with Gasteiger partial charge in [0, 0.05) is 24.7 Å². The first kappa shape index (κ1) is 13.1. The van der Waals surface area contributed by atoms with E-state index in [1.807, 2.05) is 6.07 Å². The van der Waals surface area contributed by atoms with E-state index in [1.165, 1.54) is 0 Å². The lowest BCUT2D eigenvalue weighted by molar-refractivity contribution is -0.120. The third-order valence-corrected chi connectivity index (χ3v) is 2.23. The molecule has 1 aromatic rings. The first-order chi connectivity index (χ1) is 8.21. The number of nitrogens with two attached hydrogens (primary N) is 1. The molecule has 0 aliphatic rings. The predicted molar refractivity (Wildman–Crippen MR) is 65.0 cm³/mol. The van der Waals surface area contributed by atoms with Crippen LogP contribution in [-0.2, 0) is 4.79 Å². The number of rotatable bonds is 6. The Morgan fingerprint density at radius 1 is 1.29 bits per heavy atom. The minimum absolute atomic E-state index is 0.210. The first-order valence-electron chi connectivity index (χ1n) is 5.16. The number of methoxy groups -OCH3 is 2. The molecule has 0 aliphatic heterocycles. The monoisotopic (exact) mass is 239 g/mol. The van der Waals surface area contributed by atoms with E-state index in [2.05, 4.69) is 10.7 Å². The van der Waals surface area contributed by atoms with Gasteiger partial charge in [0.25, 0.3) is 0 Å². The fourth-order valence-corrected chi connectivity index (χ4v) is 1.34. The summed E-state index contributed by atoms with van der Waals surface area (Å²) < 4.78 is 10.3. The molecule has 0 bridgehead atoms. The van der Waals surface area contributed by atoms with Gasteiger partial charge in [0.15, 0.2) is 11.5 Å². The lowest BCUT2D eigenvalue weighted by Gasteiger charge is -2.10. The van der Waals surface area contributed by atoms with Crippen LogP contribution in [0.4, 0.5) is 5.69 Å². The highest BCUT2D eigenvalue weighted by Crippen LogP contribution is 2.29. The molecule has 0 aliphatic carbocycles. The Balaban J connectivity index is 2.57. The molecule has 1 amide bonds. The van der Waals surface area contributed by atoms with Crippen molar-refractivity contribution in [3.8, 4) is 11.5 Å². The number of hydrogen-bond acceptors (Lipinski definition) is 5. The molecule has 6 nitrogen and oxygen atoms in total. The molecule has 0 heterocycles. The number of anilines is 1. The van der Waals surface area contributed by atoms with Crippen molar-refractivity contribution < 1.29 is 14.3 Å². The van der Waals surface area contributed by atoms with E-state index in [4.69, 9.17) is 15.3 Å². The van der Waals surface area contributed by atoms with Crippen LogP contribution >= 0.6 is 0 Å². The van der Waals surface area contributed by atoms with Gasteiger partial charge in [-0.05, 0) is 12.1 Å². The zero-order valence-corrected chi connectivity index (χ0v) is 9.95. The van der Waals surface area contributed by atoms with Crippen LogP contribution in [0.2, 0.25) is 0 Å². The van der Waals surface area contributed by atoms with Crippen LogP contribution < -0.4 is 26.1 Å². The second kappa shape index (κ2) is 6.59. The Morgan fingerprint density at radius 2 is 2.00 bits per heavy atom. The van der Waals surface area contributed by atoms with Crippen molar-refractivity contribution in [2.24, 2.45) is 5.84 Å². The molecule has 6 heteroatoms. The average Bonchev–Trinajstić information content (AvgIpc) is 2.38. The second-order valence-electron chi connectivity index (χ2n) is 3.31. The van der Waals surface area contributed by atoms with E-state index < -0.39 is 0 Å². The van der Waals surface area contributed by atoms with Gasteiger partial charge in [-0.2, -0.15) is 0 Å². The highest BCUT2D eigenvalue weighted by Gasteiger charge is 2.04. The largest absolute Gasteiger partial charge is 0.493 e. The fourth-order valence-electron chi connectivity index (χ4n) is 1.34. The third kappa shape index (κ3) is 3.84. The van der Waals surface area contributed by atoms with Crippen LogP contribution in [0.5, 0.6) is 11.5 Å². The van der Waals surface area contributed by atoms with Gasteiger partial charge in [0.2, 0.25) is 5.91 Å². The summed E-state index contributed by atoms with van der Waals surface area (Å²) in [5.41, 5.74) is 2.92. The first-order valence-corrected chi connectivity index (χ1v) is 5.16. The van der Waals surface area contributed by atoms with Crippen LogP contribution in [0.15, 0.2) is 18.2 Å². The number of nitrogens with one attached hydrogen (secondary N) is 2. The van der Waals surface area contributed by atoms with E-state index in [-0.39, 0.29) is 5.91 Å². The minimum atomic E-state index is -0.210. The Hall–Kier alpha value is -1.95. The molecule has 1 rings (SSSR count). The maximum absolute atomic E-state index is 10.9. The summed E-state index contributed by atoms with van der Waals surface area (Å²) in [6, 6.07) is 5.45. The molecule has 0 radical (unpaired) electrons. The van der Waals surface area contributed by atoms with Crippen molar-refractivity contribution in [1.29, 1.82) is 0 Å². The molecule has 0 saturated heterocycles. The van der Waals surface area contributed by atoms with Crippen molar-refractivity contribution in [1.82, 2.24) is 5.43 Å². The third-order valence-electron chi connectivity index (χ3n) is 2.23. The summed E-state index contributed by atoms with van der Waals surface area (Å²) >= 11 is 0. The summed E-state index contributed by atoms with van der Waals surface area (Å²) in [5.74, 6) is 6.07. The molecule has 0 unspecified atom stereocenters. The Kier molecular flexibility index (Phi) is 5.09. The topological polar surface area (TPSA) is 85.6 Å². The maximum atomic E-state index is 10.9. The normalized spacial score (nSPS) is 9.59. The highest BCUT2D eigenvalue weighted by molar-refractivity contribution is 5.75. The summed E-state index contributed by atoms with van der Waals surface area (Å²) in [6.07, 6.45) is 0.310. The summed E-state index contributed by atoms with van der Waals surface area (Å²) in [5, 5.41) is 3.08. The molecule has 0 saturated carbocycles. The SMILES string of the molecule is COc1ccc(NCCC(=O)NN)cc1OC. The summed E-state index contributed by atoms with van der Waals surface area (Å²) in [4.78, 5) is 10.9. The number of ether oxygens (including phenoxy) is 2. The van der Waals surface area contributed by atoms with Crippen LogP contribution in [0.25, 0.3) is 0 Å². The standard InChI is InChI=1S/C11H17N3O3/c1-16-9-4-3-8(7-10(9)17-2)13-6-5-11(15)14-12/h3-4,7,13H,5-6,12H2,1-2H3,(H,14,15). The van der Waals surface area contributed by atoms with Crippen LogP contribution in [0, 0.1) is 0 Å². The van der Waals surface area contributed by atoms with Crippen molar-refractivity contribution in [2.75, 3.05) is 26.1 Å². The molecule has 0 spiro atoms. The van der Waals surface area contributed by atoms with Crippen molar-refractivity contribution >= 4 is 11.6 Å². The van der Waals surface area contributed by atoms with E-state index in [0.717, 1.165) is 5.69 Å². The van der Waals surface area contributed by atoms with Gasteiger partial charge >= 0.3 is 0 Å². The summed E-state index contributed by atoms with van der Waals surface area (Å²) in [6.45, 7) is 0.499. The van der Waals surface area contributed by atoms with Crippen LogP contribution in [-0.4, -0.2) is 26.7 Å². The van der Waals surface area contributed by atoms with Gasteiger partial charge in [-0.3, -0.25) is 10.2 Å². The minimum Gasteiger partial charge on any atom is -0.493 e. The van der Waals surface area contributed by atoms with Crippen molar-refractivity contribution in [3.63, 3.8) is 0 Å². The van der Waals surface area contributed by atoms with Crippen molar-refractivity contribution in [2.45, 2.75) is 6.42 Å². The lowest BCUT2D eigenvalue weighted by atomic mass is 10.2. The number of amides is 1. The molecule has 0 aromatic heterocycles. The highest BCUT2D eigenvalue weighted by atomic mass is 16.5. The van der Waals surface area contributed by atoms with E-state index in [0.29, 0.717) is 24.5 Å². The molecule has 1 aromatic carbocycles. The lowest BCUT2D eigenvalue weighted by Crippen LogP contribution is -2.31. The van der Waals surface area contributed by atoms with Crippen LogP contribution in [0.1, 0.15) is 6.42 Å². The van der Waals surface area contributed by atoms with Crippen LogP contribution in [0.3, 0.4) is 0 Å². The molecule has 0 atom stereocenters. The average molecular weight is 239 g/mol. The molecule has 17 heavy (non-hydrogen) atoms. The maximum Gasteiger partial charge on any atom is 0.235 e. The molecular formula is C11H17N3O3. The molecule has 94 valence electrons. The number of benzene rings is 1. The Labute approximate surface area is 100 Å². The number of carbonyl (C=O) groups excluding carboxylic acids is 1. The van der Waals surface area contributed by atoms with Gasteiger partial charge < -0.3 is 14.8 Å². The Bertz CT molecular complexity index is 382. The van der Waals surface area contributed by atoms with Gasteiger partial charge in [0.05, 0.1) is 14.2 Å². The molecule has 4 N–H and O–H groups in total. The fraction of sp³-hybridized carbons (Fsp3) is 0.364. The number of hydrazine groups is 1. The quantitative estimate of drug-likeness (QED) is 0.382. The van der Waals surface area contributed by atoms with Gasteiger partial charge in [0.1, 0.15) is 0 Å². The molecular weight excluding hydrogens is 222 g/mol. The second-order valence-corrected chi connectivity index (χ2v) is 3.31. The predicted octanol–water partition coefficient (Wildman–Crippen LogP) is 0.496. The zero-order valence-electron chi connectivity index (χ0n) is 9.95. The van der Waals surface area contributed by atoms with E-state index in [1.54, 1.807) is 26.4 Å². The van der Waals surface area contributed by atoms with Gasteiger partial charge in [-0.15, -0.1) is 0 Å². The number of carbonyl (C=O) groups is 1. The van der Waals surface area contributed by atoms with E-state index >= 15 is 0 Å². The van der Waals surface area contributed by atoms with Gasteiger partial charge in [-0.25, -0.2) is 5.84 Å². The van der Waals surface area contributed by atoms with E-state index in [9.17, 15) is 4.79 Å². The Morgan fingerprint density at radius 3 is 2.59 bits per heavy atom. The van der Waals surface area contributed by atoms with Crippen molar-refractivity contribution in [3.05, 3.63) is 18.2 Å². The van der Waals surface area contributed by atoms with Gasteiger partial charge in [-0.1, -0.05) is 0 Å².